The van der Waals surface area contributed by atoms with Gasteiger partial charge in [-0.05, 0) is 18.2 Å². The monoisotopic (exact) mass is 255 g/mol. The molecular formula is C10H13ClF3NO. The summed E-state index contributed by atoms with van der Waals surface area (Å²) in [4.78, 5) is 8.00. The highest BCUT2D eigenvalue weighted by atomic mass is 35.5. The summed E-state index contributed by atoms with van der Waals surface area (Å²) in [5.74, 6) is 0. The van der Waals surface area contributed by atoms with Crippen LogP contribution in [0.1, 0.15) is 19.4 Å². The van der Waals surface area contributed by atoms with Crippen LogP contribution in [0.5, 0.6) is 0 Å². The van der Waals surface area contributed by atoms with E-state index in [9.17, 15) is 13.2 Å². The second kappa shape index (κ2) is 7.98. The van der Waals surface area contributed by atoms with Crippen LogP contribution in [0.4, 0.5) is 18.9 Å². The van der Waals surface area contributed by atoms with Gasteiger partial charge in [0.15, 0.2) is 0 Å². The highest BCUT2D eigenvalue weighted by Crippen LogP contribution is 2.35. The molecule has 0 amide bonds. The Labute approximate surface area is 97.2 Å². The van der Waals surface area contributed by atoms with Crippen LogP contribution in [0.2, 0.25) is 5.02 Å². The third-order valence-electron chi connectivity index (χ3n) is 1.30. The molecule has 0 aliphatic carbocycles. The Kier molecular flexibility index (Phi) is 8.57. The fourth-order valence-corrected chi connectivity index (χ4v) is 0.985. The van der Waals surface area contributed by atoms with Gasteiger partial charge in [-0.3, -0.25) is 0 Å². The van der Waals surface area contributed by atoms with Gasteiger partial charge in [0.05, 0.1) is 10.6 Å². The van der Waals surface area contributed by atoms with Crippen molar-refractivity contribution in [2.75, 3.05) is 5.73 Å². The van der Waals surface area contributed by atoms with E-state index in [0.717, 1.165) is 12.1 Å². The summed E-state index contributed by atoms with van der Waals surface area (Å²) in [7, 11) is 0. The van der Waals surface area contributed by atoms with Crippen LogP contribution in [0.15, 0.2) is 18.2 Å². The zero-order valence-electron chi connectivity index (χ0n) is 8.94. The Hall–Kier alpha value is -1.23. The van der Waals surface area contributed by atoms with E-state index in [4.69, 9.17) is 22.1 Å². The molecule has 0 aromatic heterocycles. The molecule has 0 heterocycles. The van der Waals surface area contributed by atoms with Gasteiger partial charge in [0.2, 0.25) is 0 Å². The summed E-state index contributed by atoms with van der Waals surface area (Å²) in [5.41, 5.74) is 4.31. The number of hydrogen-bond acceptors (Lipinski definition) is 2. The van der Waals surface area contributed by atoms with Crippen LogP contribution in [0, 0.1) is 0 Å². The standard InChI is InChI=1S/C7H5ClF3N.C2H6.CH2O/c8-6-2-1-4(12)3-5(6)7(9,10)11;2*1-2/h1-3H,12H2;1-2H3;1H2. The molecule has 0 spiro atoms. The number of hydrogen-bond donors (Lipinski definition) is 1. The molecule has 0 unspecified atom stereocenters. The predicted octanol–water partition coefficient (Wildman–Crippen LogP) is 3.78. The smallest absolute Gasteiger partial charge is 0.399 e. The van der Waals surface area contributed by atoms with Crippen LogP contribution in [0.25, 0.3) is 0 Å². The van der Waals surface area contributed by atoms with Gasteiger partial charge in [0.1, 0.15) is 6.79 Å². The van der Waals surface area contributed by atoms with Crippen molar-refractivity contribution >= 4 is 24.1 Å². The van der Waals surface area contributed by atoms with Gasteiger partial charge in [0, 0.05) is 5.69 Å². The van der Waals surface area contributed by atoms with Gasteiger partial charge in [-0.2, -0.15) is 13.2 Å². The van der Waals surface area contributed by atoms with E-state index in [1.807, 2.05) is 20.6 Å². The zero-order valence-corrected chi connectivity index (χ0v) is 9.69. The number of nitrogen functional groups attached to an aromatic ring is 1. The Morgan fingerprint density at radius 3 is 2.00 bits per heavy atom. The van der Waals surface area contributed by atoms with Gasteiger partial charge in [-0.1, -0.05) is 25.4 Å². The molecule has 0 saturated carbocycles. The molecule has 0 bridgehead atoms. The van der Waals surface area contributed by atoms with E-state index in [2.05, 4.69) is 0 Å². The summed E-state index contributed by atoms with van der Waals surface area (Å²) in [6, 6.07) is 3.25. The van der Waals surface area contributed by atoms with E-state index in [-0.39, 0.29) is 10.7 Å². The van der Waals surface area contributed by atoms with Crippen LogP contribution in [-0.4, -0.2) is 6.79 Å². The average Bonchev–Trinajstić information content (AvgIpc) is 2.26. The first-order chi connectivity index (χ1) is 7.41. The number of halogens is 4. The number of rotatable bonds is 0. The molecule has 0 atom stereocenters. The molecule has 16 heavy (non-hydrogen) atoms. The molecule has 0 radical (unpaired) electrons. The van der Waals surface area contributed by atoms with E-state index in [1.54, 1.807) is 0 Å². The third-order valence-corrected chi connectivity index (χ3v) is 1.63. The van der Waals surface area contributed by atoms with Crippen molar-refractivity contribution in [3.05, 3.63) is 28.8 Å². The topological polar surface area (TPSA) is 43.1 Å². The maximum Gasteiger partial charge on any atom is 0.417 e. The van der Waals surface area contributed by atoms with Crippen LogP contribution in [-0.2, 0) is 11.0 Å². The number of anilines is 1. The molecule has 92 valence electrons. The molecule has 0 aliphatic rings. The van der Waals surface area contributed by atoms with Gasteiger partial charge in [-0.15, -0.1) is 0 Å². The number of alkyl halides is 3. The highest BCUT2D eigenvalue weighted by molar-refractivity contribution is 6.31. The summed E-state index contributed by atoms with van der Waals surface area (Å²) in [6.07, 6.45) is -4.44. The maximum atomic E-state index is 12.1. The lowest BCUT2D eigenvalue weighted by molar-refractivity contribution is -0.137. The van der Waals surface area contributed by atoms with E-state index in [1.165, 1.54) is 6.07 Å². The van der Waals surface area contributed by atoms with Gasteiger partial charge >= 0.3 is 6.18 Å². The highest BCUT2D eigenvalue weighted by Gasteiger charge is 2.33. The van der Waals surface area contributed by atoms with Crippen molar-refractivity contribution in [3.8, 4) is 0 Å². The summed E-state index contributed by atoms with van der Waals surface area (Å²) < 4.78 is 36.3. The van der Waals surface area contributed by atoms with Crippen molar-refractivity contribution in [1.29, 1.82) is 0 Å². The van der Waals surface area contributed by atoms with Crippen molar-refractivity contribution in [2.24, 2.45) is 0 Å². The minimum Gasteiger partial charge on any atom is -0.399 e. The molecule has 6 heteroatoms. The van der Waals surface area contributed by atoms with Gasteiger partial charge in [-0.25, -0.2) is 0 Å². The molecule has 0 fully saturated rings. The summed E-state index contributed by atoms with van der Waals surface area (Å²) >= 11 is 5.31. The Bertz CT molecular complexity index is 315. The lowest BCUT2D eigenvalue weighted by Crippen LogP contribution is -2.06. The largest absolute Gasteiger partial charge is 0.417 e. The normalized spacial score (nSPS) is 9.38. The molecular weight excluding hydrogens is 243 g/mol. The lowest BCUT2D eigenvalue weighted by Gasteiger charge is -2.08. The minimum atomic E-state index is -4.44. The first kappa shape index (κ1) is 17.2. The molecule has 1 rings (SSSR count). The Morgan fingerprint density at radius 1 is 1.25 bits per heavy atom. The molecule has 0 aliphatic heterocycles. The molecule has 2 N–H and O–H groups in total. The quantitative estimate of drug-likeness (QED) is 0.717. The van der Waals surface area contributed by atoms with Crippen molar-refractivity contribution in [1.82, 2.24) is 0 Å². The van der Waals surface area contributed by atoms with Crippen LogP contribution < -0.4 is 5.73 Å². The fourth-order valence-electron chi connectivity index (χ4n) is 0.760. The van der Waals surface area contributed by atoms with Crippen LogP contribution in [0.3, 0.4) is 0 Å². The first-order valence-electron chi connectivity index (χ1n) is 4.32. The van der Waals surface area contributed by atoms with Crippen LogP contribution >= 0.6 is 11.6 Å². The second-order valence-electron chi connectivity index (χ2n) is 2.24. The average molecular weight is 256 g/mol. The maximum absolute atomic E-state index is 12.1. The SMILES string of the molecule is C=O.CC.Nc1ccc(Cl)c(C(F)(F)F)c1. The van der Waals surface area contributed by atoms with Crippen molar-refractivity contribution < 1.29 is 18.0 Å². The third kappa shape index (κ3) is 5.60. The number of nitrogens with two attached hydrogens (primary N) is 1. The van der Waals surface area contributed by atoms with Crippen molar-refractivity contribution in [3.63, 3.8) is 0 Å². The van der Waals surface area contributed by atoms with Crippen molar-refractivity contribution in [2.45, 2.75) is 20.0 Å². The number of carbonyl (C=O) groups excluding carboxylic acids is 1. The van der Waals surface area contributed by atoms with E-state index in [0.29, 0.717) is 0 Å². The second-order valence-corrected chi connectivity index (χ2v) is 2.64. The number of benzene rings is 1. The van der Waals surface area contributed by atoms with Gasteiger partial charge < -0.3 is 10.5 Å². The van der Waals surface area contributed by atoms with Gasteiger partial charge in [0.25, 0.3) is 0 Å². The number of carbonyl (C=O) groups is 1. The fraction of sp³-hybridized carbons (Fsp3) is 0.300. The molecule has 0 saturated heterocycles. The predicted molar refractivity (Wildman–Crippen MR) is 59.3 cm³/mol. The Balaban J connectivity index is 0. The zero-order chi connectivity index (χ0) is 13.4. The summed E-state index contributed by atoms with van der Waals surface area (Å²) in [6.45, 7) is 6.00. The van der Waals surface area contributed by atoms with E-state index < -0.39 is 11.7 Å². The minimum absolute atomic E-state index is 0.0479. The lowest BCUT2D eigenvalue weighted by atomic mass is 10.2. The molecule has 1 aromatic carbocycles. The van der Waals surface area contributed by atoms with E-state index >= 15 is 0 Å². The molecule has 1 aromatic rings. The summed E-state index contributed by atoms with van der Waals surface area (Å²) in [5, 5.41) is -0.336. The first-order valence-corrected chi connectivity index (χ1v) is 4.70. The molecule has 2 nitrogen and oxygen atoms in total. The Morgan fingerprint density at radius 2 is 1.69 bits per heavy atom.